The van der Waals surface area contributed by atoms with Gasteiger partial charge >= 0.3 is 11.9 Å². The van der Waals surface area contributed by atoms with E-state index in [-0.39, 0.29) is 11.7 Å². The first-order valence-electron chi connectivity index (χ1n) is 9.44. The maximum Gasteiger partial charge on any atom is 0.344 e. The zero-order chi connectivity index (χ0) is 20.0. The molecule has 1 fully saturated rings. The average Bonchev–Trinajstić information content (AvgIpc) is 2.65. The number of carbonyl (C=O) groups is 2. The minimum Gasteiger partial charge on any atom is -0.497 e. The van der Waals surface area contributed by atoms with Gasteiger partial charge in [-0.15, -0.1) is 0 Å². The van der Waals surface area contributed by atoms with E-state index >= 15 is 0 Å². The molecule has 0 amide bonds. The summed E-state index contributed by atoms with van der Waals surface area (Å²) in [6.45, 7) is 6.06. The van der Waals surface area contributed by atoms with Gasteiger partial charge in [-0.25, -0.2) is 9.59 Å². The number of benzene rings is 1. The second-order valence-electron chi connectivity index (χ2n) is 7.50. The number of methoxy groups -OCH3 is 2. The Balaban J connectivity index is 1.93. The highest BCUT2D eigenvalue weighted by Gasteiger charge is 2.33. The molecule has 0 aromatic heterocycles. The topological polar surface area (TPSA) is 71.1 Å². The van der Waals surface area contributed by atoms with Crippen LogP contribution < -0.4 is 9.47 Å². The highest BCUT2D eigenvalue weighted by Crippen LogP contribution is 2.35. The van der Waals surface area contributed by atoms with Crippen LogP contribution in [0.4, 0.5) is 0 Å². The molecular weight excluding hydrogens is 348 g/mol. The van der Waals surface area contributed by atoms with Crippen molar-refractivity contribution in [1.29, 1.82) is 0 Å². The summed E-state index contributed by atoms with van der Waals surface area (Å²) in [5.74, 6) is 1.07. The van der Waals surface area contributed by atoms with Gasteiger partial charge in [-0.1, -0.05) is 27.2 Å². The molecule has 1 saturated carbocycles. The Morgan fingerprint density at radius 3 is 2.52 bits per heavy atom. The normalized spacial score (nSPS) is 22.2. The van der Waals surface area contributed by atoms with Crippen LogP contribution in [0, 0.1) is 17.8 Å². The summed E-state index contributed by atoms with van der Waals surface area (Å²) in [5.41, 5.74) is 0.234. The molecule has 1 aromatic carbocycles. The largest absolute Gasteiger partial charge is 0.497 e. The Morgan fingerprint density at radius 2 is 1.89 bits per heavy atom. The summed E-state index contributed by atoms with van der Waals surface area (Å²) in [4.78, 5) is 24.5. The monoisotopic (exact) mass is 378 g/mol. The highest BCUT2D eigenvalue weighted by molar-refractivity contribution is 5.93. The van der Waals surface area contributed by atoms with Crippen LogP contribution in [0.25, 0.3) is 0 Å². The maximum absolute atomic E-state index is 12.3. The summed E-state index contributed by atoms with van der Waals surface area (Å²) in [6.07, 6.45) is 2.95. The first kappa shape index (κ1) is 21.1. The Labute approximate surface area is 161 Å². The van der Waals surface area contributed by atoms with E-state index in [0.717, 1.165) is 19.3 Å². The molecule has 1 aliphatic carbocycles. The second-order valence-corrected chi connectivity index (χ2v) is 7.50. The van der Waals surface area contributed by atoms with Crippen LogP contribution in [-0.4, -0.2) is 38.9 Å². The molecule has 1 aliphatic rings. The molecule has 0 saturated heterocycles. The van der Waals surface area contributed by atoms with E-state index in [1.165, 1.54) is 14.2 Å². The van der Waals surface area contributed by atoms with Crippen LogP contribution in [0.5, 0.6) is 11.5 Å². The van der Waals surface area contributed by atoms with Gasteiger partial charge in [0.25, 0.3) is 0 Å². The lowest BCUT2D eigenvalue weighted by Gasteiger charge is -2.36. The van der Waals surface area contributed by atoms with Crippen molar-refractivity contribution in [3.63, 3.8) is 0 Å². The van der Waals surface area contributed by atoms with Crippen molar-refractivity contribution in [3.8, 4) is 11.5 Å². The number of ether oxygens (including phenoxy) is 4. The van der Waals surface area contributed by atoms with Crippen molar-refractivity contribution in [1.82, 2.24) is 0 Å². The molecule has 0 radical (unpaired) electrons. The number of rotatable bonds is 7. The molecular formula is C21H30O6. The fourth-order valence-corrected chi connectivity index (χ4v) is 3.62. The SMILES string of the molecule is COc1ccc(C(=O)OCC(=O)O[C@H]2C[C@H](C)CC[C@@H]2C(C)C)c(OC)c1. The van der Waals surface area contributed by atoms with E-state index in [2.05, 4.69) is 20.8 Å². The van der Waals surface area contributed by atoms with Gasteiger partial charge in [-0.05, 0) is 42.7 Å². The van der Waals surface area contributed by atoms with Gasteiger partial charge in [0.1, 0.15) is 23.2 Å². The zero-order valence-electron chi connectivity index (χ0n) is 16.8. The van der Waals surface area contributed by atoms with Gasteiger partial charge in [0, 0.05) is 6.07 Å². The number of esters is 2. The predicted molar refractivity (Wildman–Crippen MR) is 101 cm³/mol. The summed E-state index contributed by atoms with van der Waals surface area (Å²) in [6, 6.07) is 4.77. The number of carbonyl (C=O) groups excluding carboxylic acids is 2. The third-order valence-electron chi connectivity index (χ3n) is 5.19. The molecule has 0 N–H and O–H groups in total. The molecule has 6 nitrogen and oxygen atoms in total. The molecule has 0 heterocycles. The van der Waals surface area contributed by atoms with Crippen molar-refractivity contribution >= 4 is 11.9 Å². The molecule has 150 valence electrons. The van der Waals surface area contributed by atoms with Crippen molar-refractivity contribution in [2.75, 3.05) is 20.8 Å². The molecule has 0 bridgehead atoms. The summed E-state index contributed by atoms with van der Waals surface area (Å²) in [5, 5.41) is 0. The average molecular weight is 378 g/mol. The highest BCUT2D eigenvalue weighted by atomic mass is 16.6. The minimum atomic E-state index is -0.635. The third-order valence-corrected chi connectivity index (χ3v) is 5.19. The van der Waals surface area contributed by atoms with Crippen molar-refractivity contribution < 1.29 is 28.5 Å². The molecule has 27 heavy (non-hydrogen) atoms. The fraction of sp³-hybridized carbons (Fsp3) is 0.619. The number of hydrogen-bond donors (Lipinski definition) is 0. The fourth-order valence-electron chi connectivity index (χ4n) is 3.62. The predicted octanol–water partition coefficient (Wildman–Crippen LogP) is 3.86. The van der Waals surface area contributed by atoms with E-state index in [1.807, 2.05) is 0 Å². The molecule has 6 heteroatoms. The van der Waals surface area contributed by atoms with Gasteiger partial charge < -0.3 is 18.9 Å². The Bertz CT molecular complexity index is 654. The second kappa shape index (κ2) is 9.62. The van der Waals surface area contributed by atoms with Crippen molar-refractivity contribution in [2.24, 2.45) is 17.8 Å². The third kappa shape index (κ3) is 5.62. The quantitative estimate of drug-likeness (QED) is 0.671. The first-order chi connectivity index (χ1) is 12.8. The van der Waals surface area contributed by atoms with Gasteiger partial charge in [0.2, 0.25) is 0 Å². The summed E-state index contributed by atoms with van der Waals surface area (Å²) >= 11 is 0. The molecule has 1 aromatic rings. The summed E-state index contributed by atoms with van der Waals surface area (Å²) in [7, 11) is 2.98. The van der Waals surface area contributed by atoms with Crippen LogP contribution >= 0.6 is 0 Å². The van der Waals surface area contributed by atoms with Gasteiger partial charge in [-0.2, -0.15) is 0 Å². The Morgan fingerprint density at radius 1 is 1.15 bits per heavy atom. The van der Waals surface area contributed by atoms with Gasteiger partial charge in [-0.3, -0.25) is 0 Å². The molecule has 0 unspecified atom stereocenters. The maximum atomic E-state index is 12.3. The number of hydrogen-bond acceptors (Lipinski definition) is 6. The Kier molecular flexibility index (Phi) is 7.51. The minimum absolute atomic E-state index is 0.115. The Hall–Kier alpha value is -2.24. The van der Waals surface area contributed by atoms with Crippen LogP contribution in [0.2, 0.25) is 0 Å². The van der Waals surface area contributed by atoms with E-state index < -0.39 is 18.5 Å². The van der Waals surface area contributed by atoms with Crippen LogP contribution in [-0.2, 0) is 14.3 Å². The van der Waals surface area contributed by atoms with Crippen LogP contribution in [0.3, 0.4) is 0 Å². The van der Waals surface area contributed by atoms with Crippen LogP contribution in [0.1, 0.15) is 50.4 Å². The summed E-state index contributed by atoms with van der Waals surface area (Å²) < 4.78 is 21.1. The lowest BCUT2D eigenvalue weighted by molar-refractivity contribution is -0.159. The standard InChI is InChI=1S/C21H30O6/c1-13(2)16-8-6-14(3)10-19(16)27-20(22)12-26-21(23)17-9-7-15(24-4)11-18(17)25-5/h7,9,11,13-14,16,19H,6,8,10,12H2,1-5H3/t14-,16-,19+/m1/s1. The van der Waals surface area contributed by atoms with E-state index in [1.54, 1.807) is 18.2 Å². The van der Waals surface area contributed by atoms with E-state index in [0.29, 0.717) is 29.3 Å². The smallest absolute Gasteiger partial charge is 0.344 e. The lowest BCUT2D eigenvalue weighted by Crippen LogP contribution is -2.36. The van der Waals surface area contributed by atoms with Gasteiger partial charge in [0.15, 0.2) is 6.61 Å². The van der Waals surface area contributed by atoms with E-state index in [4.69, 9.17) is 18.9 Å². The van der Waals surface area contributed by atoms with Crippen molar-refractivity contribution in [3.05, 3.63) is 23.8 Å². The molecule has 0 aliphatic heterocycles. The van der Waals surface area contributed by atoms with Gasteiger partial charge in [0.05, 0.1) is 14.2 Å². The van der Waals surface area contributed by atoms with Crippen molar-refractivity contribution in [2.45, 2.75) is 46.1 Å². The molecule has 0 spiro atoms. The molecule has 2 rings (SSSR count). The lowest BCUT2D eigenvalue weighted by atomic mass is 9.75. The zero-order valence-corrected chi connectivity index (χ0v) is 16.8. The molecule has 3 atom stereocenters. The van der Waals surface area contributed by atoms with E-state index in [9.17, 15) is 9.59 Å². The first-order valence-corrected chi connectivity index (χ1v) is 9.44. The van der Waals surface area contributed by atoms with Crippen LogP contribution in [0.15, 0.2) is 18.2 Å².